The van der Waals surface area contributed by atoms with Gasteiger partial charge in [-0.15, -0.1) is 0 Å². The Morgan fingerprint density at radius 2 is 2.27 bits per heavy atom. The molecule has 0 bridgehead atoms. The maximum absolute atomic E-state index is 12.4. The second-order valence-electron chi connectivity index (χ2n) is 6.01. The van der Waals surface area contributed by atoms with Crippen LogP contribution < -0.4 is 5.32 Å². The van der Waals surface area contributed by atoms with Crippen LogP contribution in [0.25, 0.3) is 0 Å². The van der Waals surface area contributed by atoms with Crippen LogP contribution in [0.2, 0.25) is 0 Å². The van der Waals surface area contributed by atoms with Crippen molar-refractivity contribution in [1.29, 1.82) is 0 Å². The predicted molar refractivity (Wildman–Crippen MR) is 80.5 cm³/mol. The molecule has 0 fully saturated rings. The average Bonchev–Trinajstić information content (AvgIpc) is 2.97. The Labute approximate surface area is 129 Å². The van der Waals surface area contributed by atoms with E-state index in [0.717, 1.165) is 36.3 Å². The molecule has 3 rings (SSSR count). The van der Waals surface area contributed by atoms with Gasteiger partial charge in [-0.05, 0) is 26.2 Å². The Balaban J connectivity index is 1.77. The van der Waals surface area contributed by atoms with Crippen LogP contribution in [0.15, 0.2) is 16.8 Å². The molecule has 0 aromatic carbocycles. The van der Waals surface area contributed by atoms with Gasteiger partial charge in [0, 0.05) is 29.4 Å². The Kier molecular flexibility index (Phi) is 3.92. The fraction of sp³-hybridized carbons (Fsp3) is 0.500. The SMILES string of the molecule is Cc1ncc2c(n1)CCC[C@@H]2NC(=O)c1cc(C(C)C)on1. The van der Waals surface area contributed by atoms with Crippen LogP contribution in [-0.2, 0) is 6.42 Å². The van der Waals surface area contributed by atoms with Gasteiger partial charge in [0.25, 0.3) is 5.91 Å². The Morgan fingerprint density at radius 1 is 1.45 bits per heavy atom. The first-order valence-electron chi connectivity index (χ1n) is 7.64. The minimum absolute atomic E-state index is 0.0592. The maximum atomic E-state index is 12.4. The Hall–Kier alpha value is -2.24. The summed E-state index contributed by atoms with van der Waals surface area (Å²) in [5, 5.41) is 6.88. The lowest BCUT2D eigenvalue weighted by Crippen LogP contribution is -2.31. The van der Waals surface area contributed by atoms with Gasteiger partial charge in [-0.3, -0.25) is 4.79 Å². The monoisotopic (exact) mass is 300 g/mol. The van der Waals surface area contributed by atoms with Crippen molar-refractivity contribution in [2.24, 2.45) is 0 Å². The molecule has 1 amide bonds. The Bertz CT molecular complexity index is 693. The van der Waals surface area contributed by atoms with Crippen LogP contribution in [0, 0.1) is 6.92 Å². The van der Waals surface area contributed by atoms with Gasteiger partial charge in [0.2, 0.25) is 0 Å². The lowest BCUT2D eigenvalue weighted by atomic mass is 9.92. The van der Waals surface area contributed by atoms with E-state index in [-0.39, 0.29) is 17.9 Å². The molecule has 0 saturated carbocycles. The van der Waals surface area contributed by atoms with Crippen LogP contribution in [0.5, 0.6) is 0 Å². The van der Waals surface area contributed by atoms with Gasteiger partial charge in [0.1, 0.15) is 11.6 Å². The molecule has 0 spiro atoms. The molecule has 0 unspecified atom stereocenters. The molecule has 1 N–H and O–H groups in total. The fourth-order valence-electron chi connectivity index (χ4n) is 2.70. The lowest BCUT2D eigenvalue weighted by Gasteiger charge is -2.25. The van der Waals surface area contributed by atoms with Crippen molar-refractivity contribution in [1.82, 2.24) is 20.4 Å². The minimum Gasteiger partial charge on any atom is -0.360 e. The summed E-state index contributed by atoms with van der Waals surface area (Å²) in [7, 11) is 0. The van der Waals surface area contributed by atoms with E-state index in [1.165, 1.54) is 0 Å². The third-order valence-corrected chi connectivity index (χ3v) is 3.94. The van der Waals surface area contributed by atoms with Gasteiger partial charge in [-0.25, -0.2) is 9.97 Å². The first kappa shape index (κ1) is 14.7. The molecule has 0 aliphatic heterocycles. The summed E-state index contributed by atoms with van der Waals surface area (Å²) < 4.78 is 5.19. The van der Waals surface area contributed by atoms with Crippen LogP contribution in [0.4, 0.5) is 0 Å². The third kappa shape index (κ3) is 2.86. The van der Waals surface area contributed by atoms with Crippen molar-refractivity contribution in [3.8, 4) is 0 Å². The van der Waals surface area contributed by atoms with Gasteiger partial charge < -0.3 is 9.84 Å². The molecule has 0 radical (unpaired) electrons. The topological polar surface area (TPSA) is 80.9 Å². The summed E-state index contributed by atoms with van der Waals surface area (Å²) in [6, 6.07) is 1.64. The smallest absolute Gasteiger partial charge is 0.273 e. The van der Waals surface area contributed by atoms with E-state index in [0.29, 0.717) is 11.5 Å². The highest BCUT2D eigenvalue weighted by atomic mass is 16.5. The highest BCUT2D eigenvalue weighted by Crippen LogP contribution is 2.28. The van der Waals surface area contributed by atoms with Gasteiger partial charge in [-0.1, -0.05) is 19.0 Å². The number of aryl methyl sites for hydroxylation is 2. The van der Waals surface area contributed by atoms with E-state index in [2.05, 4.69) is 20.4 Å². The molecule has 6 nitrogen and oxygen atoms in total. The molecule has 22 heavy (non-hydrogen) atoms. The first-order chi connectivity index (χ1) is 10.5. The van der Waals surface area contributed by atoms with Crippen LogP contribution in [-0.4, -0.2) is 21.0 Å². The van der Waals surface area contributed by atoms with E-state index in [9.17, 15) is 4.79 Å². The zero-order chi connectivity index (χ0) is 15.7. The zero-order valence-corrected chi connectivity index (χ0v) is 13.1. The van der Waals surface area contributed by atoms with E-state index in [1.54, 1.807) is 6.07 Å². The van der Waals surface area contributed by atoms with Crippen LogP contribution in [0.3, 0.4) is 0 Å². The van der Waals surface area contributed by atoms with E-state index >= 15 is 0 Å². The van der Waals surface area contributed by atoms with Gasteiger partial charge in [0.15, 0.2) is 5.69 Å². The van der Waals surface area contributed by atoms with Crippen molar-refractivity contribution in [2.45, 2.75) is 52.0 Å². The molecular formula is C16H20N4O2. The van der Waals surface area contributed by atoms with Gasteiger partial charge in [-0.2, -0.15) is 0 Å². The van der Waals surface area contributed by atoms with Crippen LogP contribution in [0.1, 0.15) is 72.0 Å². The highest BCUT2D eigenvalue weighted by Gasteiger charge is 2.25. The number of rotatable bonds is 3. The zero-order valence-electron chi connectivity index (χ0n) is 13.1. The molecule has 1 atom stereocenters. The quantitative estimate of drug-likeness (QED) is 0.942. The number of carbonyl (C=O) groups excluding carboxylic acids is 1. The van der Waals surface area contributed by atoms with Crippen LogP contribution >= 0.6 is 0 Å². The highest BCUT2D eigenvalue weighted by molar-refractivity contribution is 5.92. The van der Waals surface area contributed by atoms with Crippen molar-refractivity contribution in [3.05, 3.63) is 40.8 Å². The number of hydrogen-bond donors (Lipinski definition) is 1. The number of hydrogen-bond acceptors (Lipinski definition) is 5. The summed E-state index contributed by atoms with van der Waals surface area (Å²) in [5.74, 6) is 1.48. The number of nitrogens with one attached hydrogen (secondary N) is 1. The van der Waals surface area contributed by atoms with Crippen molar-refractivity contribution >= 4 is 5.91 Å². The standard InChI is InChI=1S/C16H20N4O2/c1-9(2)15-7-14(20-22-15)16(21)19-13-6-4-5-12-11(13)8-17-10(3)18-12/h7-9,13H,4-6H2,1-3H3,(H,19,21)/t13-/m0/s1. The normalized spacial score (nSPS) is 17.4. The predicted octanol–water partition coefficient (Wildman–Crippen LogP) is 2.70. The molecule has 2 aromatic heterocycles. The number of fused-ring (bicyclic) bond motifs is 1. The lowest BCUT2D eigenvalue weighted by molar-refractivity contribution is 0.0923. The second-order valence-corrected chi connectivity index (χ2v) is 6.01. The number of nitrogens with zero attached hydrogens (tertiary/aromatic N) is 3. The number of carbonyl (C=O) groups is 1. The van der Waals surface area contributed by atoms with Gasteiger partial charge in [0.05, 0.1) is 6.04 Å². The molecule has 0 saturated heterocycles. The van der Waals surface area contributed by atoms with E-state index in [1.807, 2.05) is 27.0 Å². The average molecular weight is 300 g/mol. The number of aromatic nitrogens is 3. The van der Waals surface area contributed by atoms with Crippen molar-refractivity contribution in [2.75, 3.05) is 0 Å². The van der Waals surface area contributed by atoms with E-state index in [4.69, 9.17) is 4.52 Å². The molecule has 6 heteroatoms. The third-order valence-electron chi connectivity index (χ3n) is 3.94. The summed E-state index contributed by atoms with van der Waals surface area (Å²) >= 11 is 0. The summed E-state index contributed by atoms with van der Waals surface area (Å²) in [6.07, 6.45) is 4.65. The fourth-order valence-corrected chi connectivity index (χ4v) is 2.70. The molecule has 2 heterocycles. The molecule has 2 aromatic rings. The summed E-state index contributed by atoms with van der Waals surface area (Å²) in [5.41, 5.74) is 2.37. The van der Waals surface area contributed by atoms with Crippen molar-refractivity contribution in [3.63, 3.8) is 0 Å². The molecule has 116 valence electrons. The molecular weight excluding hydrogens is 280 g/mol. The van der Waals surface area contributed by atoms with Crippen molar-refractivity contribution < 1.29 is 9.32 Å². The summed E-state index contributed by atoms with van der Waals surface area (Å²) in [6.45, 7) is 5.88. The minimum atomic E-state index is -0.214. The Morgan fingerprint density at radius 3 is 3.00 bits per heavy atom. The second kappa shape index (κ2) is 5.87. The number of amides is 1. The summed E-state index contributed by atoms with van der Waals surface area (Å²) in [4.78, 5) is 21.1. The largest absolute Gasteiger partial charge is 0.360 e. The maximum Gasteiger partial charge on any atom is 0.273 e. The first-order valence-corrected chi connectivity index (χ1v) is 7.64. The molecule has 1 aliphatic rings. The van der Waals surface area contributed by atoms with E-state index < -0.39 is 0 Å². The van der Waals surface area contributed by atoms with Gasteiger partial charge >= 0.3 is 0 Å². The molecule has 1 aliphatic carbocycles.